The maximum Gasteiger partial charge on any atom is 0.253 e. The van der Waals surface area contributed by atoms with Crippen LogP contribution in [-0.2, 0) is 11.3 Å². The van der Waals surface area contributed by atoms with Gasteiger partial charge < -0.3 is 5.32 Å². The topological polar surface area (TPSA) is 44.7 Å². The lowest BCUT2D eigenvalue weighted by molar-refractivity contribution is -0.125. The number of amidine groups is 1. The second kappa shape index (κ2) is 5.41. The molecule has 4 nitrogen and oxygen atoms in total. The molecule has 1 amide bonds. The molecule has 2 fully saturated rings. The van der Waals surface area contributed by atoms with Gasteiger partial charge in [0.1, 0.15) is 17.2 Å². The first-order valence-electron chi connectivity index (χ1n) is 8.48. The van der Waals surface area contributed by atoms with E-state index in [2.05, 4.69) is 10.2 Å². The zero-order valence-electron chi connectivity index (χ0n) is 13.4. The average molecular weight is 315 g/mol. The standard InChI is InChI=1S/C18H22FN3O/c1-2-16-20-17(23)18(21-16)8-7-12-9-22(11-14(12)18)10-13-5-3-4-6-15(13)19/h3-6,12,14H,2,7-11H2,1H3,(H,20,21,23)/t12-,14+,18-/m0/s1. The number of rotatable bonds is 3. The predicted molar refractivity (Wildman–Crippen MR) is 86.5 cm³/mol. The van der Waals surface area contributed by atoms with E-state index in [1.54, 1.807) is 6.07 Å². The second-order valence-electron chi connectivity index (χ2n) is 6.98. The highest BCUT2D eigenvalue weighted by Gasteiger charge is 2.58. The SMILES string of the molecule is CCC1=N[C@]2(CC[C@H]3CN(Cc4ccccc4F)C[C@H]32)C(=O)N1. The summed E-state index contributed by atoms with van der Waals surface area (Å²) in [7, 11) is 0. The molecule has 1 spiro atoms. The van der Waals surface area contributed by atoms with Gasteiger partial charge in [0.25, 0.3) is 5.91 Å². The normalized spacial score (nSPS) is 33.1. The minimum Gasteiger partial charge on any atom is -0.312 e. The van der Waals surface area contributed by atoms with Gasteiger partial charge in [0.2, 0.25) is 0 Å². The number of carbonyl (C=O) groups excluding carboxylic acids is 1. The third kappa shape index (κ3) is 2.29. The molecule has 1 aromatic rings. The number of hydrogen-bond donors (Lipinski definition) is 1. The number of halogens is 1. The molecule has 1 aromatic carbocycles. The average Bonchev–Trinajstić information content (AvgIpc) is 3.18. The second-order valence-corrected chi connectivity index (χ2v) is 6.98. The number of nitrogens with zero attached hydrogens (tertiary/aromatic N) is 2. The predicted octanol–water partition coefficient (Wildman–Crippen LogP) is 2.34. The van der Waals surface area contributed by atoms with Gasteiger partial charge in [0, 0.05) is 37.5 Å². The molecule has 122 valence electrons. The molecule has 1 saturated carbocycles. The summed E-state index contributed by atoms with van der Waals surface area (Å²) in [5, 5.41) is 2.96. The van der Waals surface area contributed by atoms with Gasteiger partial charge in [0.05, 0.1) is 0 Å². The highest BCUT2D eigenvalue weighted by atomic mass is 19.1. The molecule has 0 unspecified atom stereocenters. The summed E-state index contributed by atoms with van der Waals surface area (Å²) in [6.45, 7) is 4.39. The Bertz CT molecular complexity index is 674. The molecule has 1 saturated heterocycles. The van der Waals surface area contributed by atoms with E-state index in [0.29, 0.717) is 12.5 Å². The summed E-state index contributed by atoms with van der Waals surface area (Å²) >= 11 is 0. The van der Waals surface area contributed by atoms with Crippen LogP contribution in [0.4, 0.5) is 4.39 Å². The monoisotopic (exact) mass is 315 g/mol. The first-order chi connectivity index (χ1) is 11.1. The summed E-state index contributed by atoms with van der Waals surface area (Å²) < 4.78 is 13.9. The minimum absolute atomic E-state index is 0.0783. The van der Waals surface area contributed by atoms with Crippen LogP contribution in [0.1, 0.15) is 31.7 Å². The summed E-state index contributed by atoms with van der Waals surface area (Å²) in [4.78, 5) is 19.6. The number of fused-ring (bicyclic) bond motifs is 2. The van der Waals surface area contributed by atoms with Gasteiger partial charge in [-0.1, -0.05) is 25.1 Å². The van der Waals surface area contributed by atoms with Gasteiger partial charge in [0.15, 0.2) is 0 Å². The van der Waals surface area contributed by atoms with E-state index in [1.165, 1.54) is 6.07 Å². The number of benzene rings is 1. The summed E-state index contributed by atoms with van der Waals surface area (Å²) in [6, 6.07) is 6.94. The van der Waals surface area contributed by atoms with Crippen LogP contribution in [0.25, 0.3) is 0 Å². The van der Waals surface area contributed by atoms with E-state index in [4.69, 9.17) is 4.99 Å². The Hall–Kier alpha value is -1.75. The van der Waals surface area contributed by atoms with Crippen molar-refractivity contribution in [1.29, 1.82) is 0 Å². The lowest BCUT2D eigenvalue weighted by Crippen LogP contribution is -2.44. The number of nitrogens with one attached hydrogen (secondary N) is 1. The third-order valence-electron chi connectivity index (χ3n) is 5.70. The lowest BCUT2D eigenvalue weighted by atomic mass is 9.85. The number of likely N-dealkylation sites (tertiary alicyclic amines) is 1. The Morgan fingerprint density at radius 2 is 2.22 bits per heavy atom. The fourth-order valence-electron chi connectivity index (χ4n) is 4.53. The van der Waals surface area contributed by atoms with E-state index in [9.17, 15) is 9.18 Å². The first-order valence-corrected chi connectivity index (χ1v) is 8.48. The molecule has 3 aliphatic rings. The molecular formula is C18H22FN3O. The van der Waals surface area contributed by atoms with Crippen LogP contribution in [0.2, 0.25) is 0 Å². The Morgan fingerprint density at radius 1 is 1.39 bits per heavy atom. The highest BCUT2D eigenvalue weighted by molar-refractivity contribution is 6.08. The molecule has 0 bridgehead atoms. The molecule has 4 rings (SSSR count). The van der Waals surface area contributed by atoms with E-state index in [-0.39, 0.29) is 17.6 Å². The largest absolute Gasteiger partial charge is 0.312 e. The van der Waals surface area contributed by atoms with Gasteiger partial charge in [-0.05, 0) is 24.8 Å². The molecule has 0 radical (unpaired) electrons. The van der Waals surface area contributed by atoms with Crippen LogP contribution in [0.3, 0.4) is 0 Å². The van der Waals surface area contributed by atoms with Crippen LogP contribution in [0.5, 0.6) is 0 Å². The molecule has 0 aromatic heterocycles. The smallest absolute Gasteiger partial charge is 0.253 e. The zero-order valence-corrected chi connectivity index (χ0v) is 13.4. The van der Waals surface area contributed by atoms with Crippen molar-refractivity contribution in [1.82, 2.24) is 10.2 Å². The van der Waals surface area contributed by atoms with Crippen molar-refractivity contribution < 1.29 is 9.18 Å². The Balaban J connectivity index is 1.53. The lowest BCUT2D eigenvalue weighted by Gasteiger charge is -2.25. The van der Waals surface area contributed by atoms with Crippen molar-refractivity contribution in [2.45, 2.75) is 38.3 Å². The van der Waals surface area contributed by atoms with Gasteiger partial charge in [-0.25, -0.2) is 4.39 Å². The Kier molecular flexibility index (Phi) is 3.48. The minimum atomic E-state index is -0.556. The maximum atomic E-state index is 13.9. The van der Waals surface area contributed by atoms with Gasteiger partial charge in [-0.2, -0.15) is 0 Å². The van der Waals surface area contributed by atoms with E-state index < -0.39 is 5.54 Å². The molecule has 23 heavy (non-hydrogen) atoms. The van der Waals surface area contributed by atoms with Crippen molar-refractivity contribution in [2.24, 2.45) is 16.8 Å². The van der Waals surface area contributed by atoms with E-state index in [0.717, 1.165) is 43.8 Å². The van der Waals surface area contributed by atoms with Gasteiger partial charge in [-0.15, -0.1) is 0 Å². The van der Waals surface area contributed by atoms with Crippen LogP contribution >= 0.6 is 0 Å². The first kappa shape index (κ1) is 14.8. The number of aliphatic imine (C=N–C) groups is 1. The maximum absolute atomic E-state index is 13.9. The van der Waals surface area contributed by atoms with E-state index >= 15 is 0 Å². The number of hydrogen-bond acceptors (Lipinski definition) is 3. The third-order valence-corrected chi connectivity index (χ3v) is 5.70. The zero-order chi connectivity index (χ0) is 16.0. The number of amides is 1. The molecule has 5 heteroatoms. The van der Waals surface area contributed by atoms with E-state index in [1.807, 2.05) is 19.1 Å². The van der Waals surface area contributed by atoms with Crippen LogP contribution in [-0.4, -0.2) is 35.3 Å². The van der Waals surface area contributed by atoms with Crippen LogP contribution in [0, 0.1) is 17.7 Å². The number of carbonyl (C=O) groups is 1. The molecular weight excluding hydrogens is 293 g/mol. The fraction of sp³-hybridized carbons (Fsp3) is 0.556. The fourth-order valence-corrected chi connectivity index (χ4v) is 4.53. The van der Waals surface area contributed by atoms with Crippen molar-refractivity contribution >= 4 is 11.7 Å². The van der Waals surface area contributed by atoms with Gasteiger partial charge in [-0.3, -0.25) is 14.7 Å². The van der Waals surface area contributed by atoms with Crippen LogP contribution < -0.4 is 5.32 Å². The van der Waals surface area contributed by atoms with Gasteiger partial charge >= 0.3 is 0 Å². The summed E-state index contributed by atoms with van der Waals surface area (Å²) in [5.74, 6) is 1.51. The van der Waals surface area contributed by atoms with Crippen molar-refractivity contribution in [3.8, 4) is 0 Å². The highest BCUT2D eigenvalue weighted by Crippen LogP contribution is 2.49. The van der Waals surface area contributed by atoms with Crippen molar-refractivity contribution in [3.05, 3.63) is 35.6 Å². The summed E-state index contributed by atoms with van der Waals surface area (Å²) in [6.07, 6.45) is 2.65. The molecule has 1 N–H and O–H groups in total. The van der Waals surface area contributed by atoms with Crippen LogP contribution in [0.15, 0.2) is 29.3 Å². The van der Waals surface area contributed by atoms with Crippen molar-refractivity contribution in [3.63, 3.8) is 0 Å². The summed E-state index contributed by atoms with van der Waals surface area (Å²) in [5.41, 5.74) is 0.176. The molecule has 2 heterocycles. The Labute approximate surface area is 135 Å². The Morgan fingerprint density at radius 3 is 2.96 bits per heavy atom. The molecule has 1 aliphatic carbocycles. The molecule has 2 aliphatic heterocycles. The molecule has 3 atom stereocenters. The van der Waals surface area contributed by atoms with Crippen molar-refractivity contribution in [2.75, 3.05) is 13.1 Å². The quantitative estimate of drug-likeness (QED) is 0.930.